The summed E-state index contributed by atoms with van der Waals surface area (Å²) in [5, 5.41) is 5.24. The third-order valence-corrected chi connectivity index (χ3v) is 8.19. The number of thiophene rings is 1. The van der Waals surface area contributed by atoms with Crippen LogP contribution in [0.3, 0.4) is 0 Å². The fraction of sp³-hybridized carbons (Fsp3) is 0.714. The monoisotopic (exact) mass is 348 g/mol. The predicted octanol–water partition coefficient (Wildman–Crippen LogP) is 1.96. The second kappa shape index (κ2) is 7.97. The van der Waals surface area contributed by atoms with Crippen molar-refractivity contribution >= 4 is 32.9 Å². The Morgan fingerprint density at radius 3 is 2.95 bits per heavy atom. The molecule has 1 atom stereocenters. The van der Waals surface area contributed by atoms with E-state index in [1.807, 2.05) is 0 Å². The summed E-state index contributed by atoms with van der Waals surface area (Å²) >= 11 is 3.52. The second-order valence-corrected chi connectivity index (χ2v) is 9.82. The van der Waals surface area contributed by atoms with Crippen LogP contribution in [0.2, 0.25) is 0 Å². The predicted molar refractivity (Wildman–Crippen MR) is 92.9 cm³/mol. The van der Waals surface area contributed by atoms with Crippen molar-refractivity contribution in [2.75, 3.05) is 36.9 Å². The Labute approximate surface area is 136 Å². The Bertz CT molecular complexity index is 542. The highest BCUT2D eigenvalue weighted by Gasteiger charge is 2.32. The molecule has 0 radical (unpaired) electrons. The Morgan fingerprint density at radius 2 is 2.29 bits per heavy atom. The number of sulfone groups is 1. The van der Waals surface area contributed by atoms with Crippen molar-refractivity contribution in [2.24, 2.45) is 0 Å². The molecule has 4 nitrogen and oxygen atoms in total. The van der Waals surface area contributed by atoms with Crippen LogP contribution in [-0.2, 0) is 16.4 Å². The molecule has 1 aromatic rings. The molecule has 21 heavy (non-hydrogen) atoms. The van der Waals surface area contributed by atoms with Gasteiger partial charge in [-0.05, 0) is 23.9 Å². The van der Waals surface area contributed by atoms with Gasteiger partial charge in [-0.1, -0.05) is 6.92 Å². The van der Waals surface area contributed by atoms with Gasteiger partial charge in [-0.3, -0.25) is 4.90 Å². The van der Waals surface area contributed by atoms with Crippen LogP contribution in [0.5, 0.6) is 0 Å². The average Bonchev–Trinajstić information content (AvgIpc) is 2.89. The van der Waals surface area contributed by atoms with E-state index in [1.54, 1.807) is 30.0 Å². The van der Waals surface area contributed by atoms with E-state index in [2.05, 4.69) is 28.6 Å². The number of nitrogens with one attached hydrogen (secondary N) is 1. The zero-order valence-corrected chi connectivity index (χ0v) is 15.1. The van der Waals surface area contributed by atoms with Gasteiger partial charge in [0.2, 0.25) is 0 Å². The van der Waals surface area contributed by atoms with Crippen LogP contribution in [0.1, 0.15) is 17.4 Å². The van der Waals surface area contributed by atoms with Crippen LogP contribution in [0.4, 0.5) is 0 Å². The first-order valence-electron chi connectivity index (χ1n) is 7.31. The van der Waals surface area contributed by atoms with Crippen molar-refractivity contribution < 1.29 is 8.42 Å². The summed E-state index contributed by atoms with van der Waals surface area (Å²) in [5.74, 6) is 1.97. The molecule has 1 fully saturated rings. The lowest BCUT2D eigenvalue weighted by Gasteiger charge is -2.34. The average molecular weight is 349 g/mol. The summed E-state index contributed by atoms with van der Waals surface area (Å²) in [5.41, 5.74) is 1.33. The van der Waals surface area contributed by atoms with Crippen molar-refractivity contribution in [1.82, 2.24) is 10.2 Å². The quantitative estimate of drug-likeness (QED) is 0.763. The van der Waals surface area contributed by atoms with Gasteiger partial charge < -0.3 is 5.32 Å². The van der Waals surface area contributed by atoms with E-state index in [9.17, 15) is 8.42 Å². The maximum atomic E-state index is 12.2. The fourth-order valence-electron chi connectivity index (χ4n) is 2.40. The molecular weight excluding hydrogens is 324 g/mol. The number of hydrogen-bond donors (Lipinski definition) is 1. The first kappa shape index (κ1) is 17.3. The second-order valence-electron chi connectivity index (χ2n) is 5.22. The minimum absolute atomic E-state index is 0.233. The van der Waals surface area contributed by atoms with Crippen LogP contribution in [0.25, 0.3) is 0 Å². The molecule has 2 heterocycles. The third-order valence-electron chi connectivity index (χ3n) is 3.84. The van der Waals surface area contributed by atoms with Crippen LogP contribution in [0.15, 0.2) is 11.4 Å². The number of aryl methyl sites for hydroxylation is 1. The van der Waals surface area contributed by atoms with Gasteiger partial charge in [0.15, 0.2) is 9.84 Å². The molecular formula is C14H24N2O2S3. The maximum Gasteiger partial charge on any atom is 0.166 e. The van der Waals surface area contributed by atoms with Gasteiger partial charge in [0.1, 0.15) is 5.37 Å². The lowest BCUT2D eigenvalue weighted by Crippen LogP contribution is -2.49. The minimum Gasteiger partial charge on any atom is -0.311 e. The smallest absolute Gasteiger partial charge is 0.166 e. The molecule has 1 unspecified atom stereocenters. The van der Waals surface area contributed by atoms with Crippen molar-refractivity contribution in [3.05, 3.63) is 21.9 Å². The first-order chi connectivity index (χ1) is 10.0. The van der Waals surface area contributed by atoms with Gasteiger partial charge in [0.25, 0.3) is 0 Å². The van der Waals surface area contributed by atoms with Gasteiger partial charge in [-0.25, -0.2) is 8.42 Å². The van der Waals surface area contributed by atoms with Crippen molar-refractivity contribution in [2.45, 2.75) is 25.8 Å². The first-order valence-corrected chi connectivity index (χ1v) is 11.1. The summed E-state index contributed by atoms with van der Waals surface area (Å²) < 4.78 is 24.3. The van der Waals surface area contributed by atoms with Gasteiger partial charge >= 0.3 is 0 Å². The summed E-state index contributed by atoms with van der Waals surface area (Å²) in [4.78, 5) is 3.49. The SMILES string of the molecule is CCS(=O)(=O)C1CSCCN1CCNCc1sccc1C. The third kappa shape index (κ3) is 4.69. The van der Waals surface area contributed by atoms with Crippen molar-refractivity contribution in [3.8, 4) is 0 Å². The highest BCUT2D eigenvalue weighted by atomic mass is 32.2. The minimum atomic E-state index is -2.98. The van der Waals surface area contributed by atoms with E-state index < -0.39 is 9.84 Å². The largest absolute Gasteiger partial charge is 0.311 e. The zero-order chi connectivity index (χ0) is 15.3. The summed E-state index contributed by atoms with van der Waals surface area (Å²) in [6.07, 6.45) is 0. The Morgan fingerprint density at radius 1 is 1.48 bits per heavy atom. The fourth-order valence-corrected chi connectivity index (χ4v) is 6.39. The van der Waals surface area contributed by atoms with E-state index in [1.165, 1.54) is 10.4 Å². The van der Waals surface area contributed by atoms with Crippen LogP contribution in [0, 0.1) is 6.92 Å². The zero-order valence-electron chi connectivity index (χ0n) is 12.7. The molecule has 0 aliphatic carbocycles. The number of hydrogen-bond acceptors (Lipinski definition) is 6. The molecule has 2 rings (SSSR count). The van der Waals surface area contributed by atoms with Crippen LogP contribution < -0.4 is 5.32 Å². The summed E-state index contributed by atoms with van der Waals surface area (Å²) in [6.45, 7) is 7.24. The molecule has 1 N–H and O–H groups in total. The lowest BCUT2D eigenvalue weighted by molar-refractivity contribution is 0.269. The van der Waals surface area contributed by atoms with E-state index in [0.29, 0.717) is 5.75 Å². The van der Waals surface area contributed by atoms with Gasteiger partial charge in [-0.2, -0.15) is 11.8 Å². The summed E-state index contributed by atoms with van der Waals surface area (Å²) in [7, 11) is -2.98. The van der Waals surface area contributed by atoms with E-state index in [0.717, 1.165) is 31.9 Å². The maximum absolute atomic E-state index is 12.2. The Balaban J connectivity index is 1.82. The molecule has 0 aromatic carbocycles. The van der Waals surface area contributed by atoms with Crippen LogP contribution in [-0.4, -0.2) is 55.6 Å². The molecule has 0 spiro atoms. The van der Waals surface area contributed by atoms with Gasteiger partial charge in [0, 0.05) is 48.3 Å². The topological polar surface area (TPSA) is 49.4 Å². The van der Waals surface area contributed by atoms with Crippen molar-refractivity contribution in [1.29, 1.82) is 0 Å². The molecule has 0 bridgehead atoms. The molecule has 0 saturated carbocycles. The summed E-state index contributed by atoms with van der Waals surface area (Å²) in [6, 6.07) is 2.13. The van der Waals surface area contributed by atoms with Crippen LogP contribution >= 0.6 is 23.1 Å². The molecule has 7 heteroatoms. The Kier molecular flexibility index (Phi) is 6.55. The normalized spacial score (nSPS) is 20.8. The lowest BCUT2D eigenvalue weighted by atomic mass is 10.3. The highest BCUT2D eigenvalue weighted by molar-refractivity contribution is 8.01. The number of thioether (sulfide) groups is 1. The number of nitrogens with zero attached hydrogens (tertiary/aromatic N) is 1. The standard InChI is InChI=1S/C14H24N2O2S3/c1-3-21(17,18)14-11-19-9-7-16(14)6-5-15-10-13-12(2)4-8-20-13/h4,8,14-15H,3,5-7,9-11H2,1-2H3. The number of rotatable bonds is 7. The molecule has 120 valence electrons. The molecule has 1 aromatic heterocycles. The molecule has 1 aliphatic heterocycles. The molecule has 1 saturated heterocycles. The van der Waals surface area contributed by atoms with E-state index >= 15 is 0 Å². The van der Waals surface area contributed by atoms with E-state index in [4.69, 9.17) is 0 Å². The van der Waals surface area contributed by atoms with Gasteiger partial charge in [0.05, 0.1) is 0 Å². The Hall–Kier alpha value is -0.0800. The van der Waals surface area contributed by atoms with E-state index in [-0.39, 0.29) is 11.1 Å². The molecule has 0 amide bonds. The van der Waals surface area contributed by atoms with Gasteiger partial charge in [-0.15, -0.1) is 11.3 Å². The highest BCUT2D eigenvalue weighted by Crippen LogP contribution is 2.21. The van der Waals surface area contributed by atoms with Crippen molar-refractivity contribution in [3.63, 3.8) is 0 Å². The molecule has 1 aliphatic rings.